The summed E-state index contributed by atoms with van der Waals surface area (Å²) in [6, 6.07) is 10.6. The Balaban J connectivity index is 1.31. The summed E-state index contributed by atoms with van der Waals surface area (Å²) in [4.78, 5) is 19.4. The van der Waals surface area contributed by atoms with Crippen molar-refractivity contribution in [1.82, 2.24) is 9.80 Å². The molecule has 2 aliphatic rings. The summed E-state index contributed by atoms with van der Waals surface area (Å²) in [7, 11) is 0. The topological polar surface area (TPSA) is 62.0 Å². The highest BCUT2D eigenvalue weighted by Crippen LogP contribution is 2.17. The maximum absolute atomic E-state index is 12.5. The number of ether oxygens (including phenoxy) is 1. The van der Waals surface area contributed by atoms with Crippen LogP contribution in [0.15, 0.2) is 30.3 Å². The van der Waals surface area contributed by atoms with Gasteiger partial charge in [0.05, 0.1) is 6.10 Å². The van der Waals surface area contributed by atoms with Gasteiger partial charge in [-0.2, -0.15) is 0 Å². The molecule has 2 N–H and O–H groups in total. The van der Waals surface area contributed by atoms with Gasteiger partial charge in [-0.25, -0.2) is 0 Å². The number of anilines is 1. The van der Waals surface area contributed by atoms with Gasteiger partial charge in [0.15, 0.2) is 0 Å². The molecule has 0 unspecified atom stereocenters. The first-order valence-corrected chi connectivity index (χ1v) is 10.4. The minimum Gasteiger partial charge on any atom is -0.378 e. The maximum Gasteiger partial charge on any atom is 0.223 e. The van der Waals surface area contributed by atoms with Crippen LogP contribution in [-0.4, -0.2) is 80.8 Å². The van der Waals surface area contributed by atoms with Crippen LogP contribution in [0.1, 0.15) is 25.7 Å². The van der Waals surface area contributed by atoms with E-state index in [0.717, 1.165) is 71.7 Å². The number of piperazine rings is 1. The van der Waals surface area contributed by atoms with Crippen molar-refractivity contribution in [2.24, 2.45) is 5.73 Å². The minimum atomic E-state index is 0.292. The molecule has 6 nitrogen and oxygen atoms in total. The highest BCUT2D eigenvalue weighted by atomic mass is 16.5. The Morgan fingerprint density at radius 1 is 1.04 bits per heavy atom. The quantitative estimate of drug-likeness (QED) is 0.700. The lowest BCUT2D eigenvalue weighted by Gasteiger charge is -2.36. The summed E-state index contributed by atoms with van der Waals surface area (Å²) in [6.07, 6.45) is 3.74. The molecule has 0 aromatic heterocycles. The lowest BCUT2D eigenvalue weighted by Crippen LogP contribution is -2.48. The number of carbonyl (C=O) groups is 1. The van der Waals surface area contributed by atoms with E-state index in [4.69, 9.17) is 10.5 Å². The van der Waals surface area contributed by atoms with Crippen LogP contribution in [0.4, 0.5) is 5.69 Å². The van der Waals surface area contributed by atoms with E-state index in [1.54, 1.807) is 0 Å². The average Bonchev–Trinajstić information content (AvgIpc) is 2.74. The molecule has 1 aromatic carbocycles. The first-order valence-electron chi connectivity index (χ1n) is 10.4. The van der Waals surface area contributed by atoms with E-state index in [2.05, 4.69) is 40.1 Å². The zero-order valence-corrected chi connectivity index (χ0v) is 16.4. The third-order valence-corrected chi connectivity index (χ3v) is 5.63. The van der Waals surface area contributed by atoms with E-state index < -0.39 is 0 Å². The van der Waals surface area contributed by atoms with Crippen molar-refractivity contribution in [3.05, 3.63) is 30.3 Å². The van der Waals surface area contributed by atoms with Crippen LogP contribution in [-0.2, 0) is 9.53 Å². The molecule has 0 saturated carbocycles. The fourth-order valence-electron chi connectivity index (χ4n) is 3.89. The molecule has 27 heavy (non-hydrogen) atoms. The summed E-state index contributed by atoms with van der Waals surface area (Å²) < 4.78 is 5.82. The Labute approximate surface area is 163 Å². The van der Waals surface area contributed by atoms with Crippen LogP contribution in [0, 0.1) is 0 Å². The van der Waals surface area contributed by atoms with E-state index in [-0.39, 0.29) is 0 Å². The van der Waals surface area contributed by atoms with Gasteiger partial charge in [-0.05, 0) is 37.9 Å². The van der Waals surface area contributed by atoms with Crippen molar-refractivity contribution in [3.63, 3.8) is 0 Å². The van der Waals surface area contributed by atoms with Gasteiger partial charge in [0.25, 0.3) is 0 Å². The molecule has 3 rings (SSSR count). The highest BCUT2D eigenvalue weighted by molar-refractivity contribution is 5.76. The van der Waals surface area contributed by atoms with Crippen molar-refractivity contribution in [1.29, 1.82) is 0 Å². The molecule has 2 fully saturated rings. The Kier molecular flexibility index (Phi) is 7.93. The van der Waals surface area contributed by atoms with Crippen molar-refractivity contribution in [2.75, 3.05) is 63.9 Å². The molecule has 0 aliphatic carbocycles. The molecule has 1 aromatic rings. The number of hydrogen-bond donors (Lipinski definition) is 1. The number of para-hydroxylation sites is 1. The zero-order valence-electron chi connectivity index (χ0n) is 16.4. The van der Waals surface area contributed by atoms with Crippen LogP contribution in [0.2, 0.25) is 0 Å². The van der Waals surface area contributed by atoms with Crippen molar-refractivity contribution in [2.45, 2.75) is 31.8 Å². The number of amides is 1. The number of nitrogens with zero attached hydrogens (tertiary/aromatic N) is 3. The lowest BCUT2D eigenvalue weighted by molar-refractivity contribution is -0.134. The number of hydrogen-bond acceptors (Lipinski definition) is 5. The molecular formula is C21H34N4O2. The Hall–Kier alpha value is -1.63. The number of piperidine rings is 1. The fraction of sp³-hybridized carbons (Fsp3) is 0.667. The summed E-state index contributed by atoms with van der Waals surface area (Å²) in [5, 5.41) is 0. The first kappa shape index (κ1) is 20.1. The van der Waals surface area contributed by atoms with E-state index in [1.807, 2.05) is 4.90 Å². The van der Waals surface area contributed by atoms with Gasteiger partial charge in [-0.3, -0.25) is 9.69 Å². The van der Waals surface area contributed by atoms with Crippen LogP contribution < -0.4 is 10.6 Å². The van der Waals surface area contributed by atoms with Crippen LogP contribution in [0.3, 0.4) is 0 Å². The fourth-order valence-corrected chi connectivity index (χ4v) is 3.89. The molecule has 0 spiro atoms. The molecule has 2 heterocycles. The van der Waals surface area contributed by atoms with Crippen LogP contribution in [0.5, 0.6) is 0 Å². The van der Waals surface area contributed by atoms with Gasteiger partial charge >= 0.3 is 0 Å². The number of likely N-dealkylation sites (tertiary alicyclic amines) is 1. The number of benzene rings is 1. The smallest absolute Gasteiger partial charge is 0.223 e. The van der Waals surface area contributed by atoms with E-state index >= 15 is 0 Å². The first-order chi connectivity index (χ1) is 13.3. The largest absolute Gasteiger partial charge is 0.378 e. The second kappa shape index (κ2) is 10.6. The Bertz CT molecular complexity index is 553. The molecule has 0 bridgehead atoms. The minimum absolute atomic E-state index is 0.292. The zero-order chi connectivity index (χ0) is 18.9. The normalized spacial score (nSPS) is 19.4. The predicted molar refractivity (Wildman–Crippen MR) is 109 cm³/mol. The summed E-state index contributed by atoms with van der Waals surface area (Å²) in [5.41, 5.74) is 6.79. The summed E-state index contributed by atoms with van der Waals surface area (Å²) in [6.45, 7) is 8.06. The van der Waals surface area contributed by atoms with Crippen LogP contribution >= 0.6 is 0 Å². The number of rotatable bonds is 8. The molecule has 0 radical (unpaired) electrons. The lowest BCUT2D eigenvalue weighted by atomic mass is 10.1. The molecule has 2 saturated heterocycles. The van der Waals surface area contributed by atoms with Crippen molar-refractivity contribution >= 4 is 11.6 Å². The summed E-state index contributed by atoms with van der Waals surface area (Å²) >= 11 is 0. The standard InChI is InChI=1S/C21H34N4O2/c22-10-4-18-27-20-7-12-25(13-8-20)21(26)9-11-23-14-16-24(17-15-23)19-5-2-1-3-6-19/h1-3,5-6,20H,4,7-18,22H2. The van der Waals surface area contributed by atoms with E-state index in [1.165, 1.54) is 5.69 Å². The van der Waals surface area contributed by atoms with Gasteiger partial charge in [-0.15, -0.1) is 0 Å². The monoisotopic (exact) mass is 374 g/mol. The second-order valence-electron chi connectivity index (χ2n) is 7.51. The van der Waals surface area contributed by atoms with Crippen molar-refractivity contribution in [3.8, 4) is 0 Å². The second-order valence-corrected chi connectivity index (χ2v) is 7.51. The number of carbonyl (C=O) groups excluding carboxylic acids is 1. The van der Waals surface area contributed by atoms with Gasteiger partial charge in [0, 0.05) is 64.5 Å². The molecular weight excluding hydrogens is 340 g/mol. The predicted octanol–water partition coefficient (Wildman–Crippen LogP) is 1.56. The molecule has 2 aliphatic heterocycles. The molecule has 0 atom stereocenters. The van der Waals surface area contributed by atoms with E-state index in [0.29, 0.717) is 25.0 Å². The van der Waals surface area contributed by atoms with Gasteiger partial charge in [0.1, 0.15) is 0 Å². The molecule has 1 amide bonds. The highest BCUT2D eigenvalue weighted by Gasteiger charge is 2.24. The van der Waals surface area contributed by atoms with Gasteiger partial charge in [-0.1, -0.05) is 18.2 Å². The van der Waals surface area contributed by atoms with Crippen molar-refractivity contribution < 1.29 is 9.53 Å². The maximum atomic E-state index is 12.5. The summed E-state index contributed by atoms with van der Waals surface area (Å²) in [5.74, 6) is 0.292. The third-order valence-electron chi connectivity index (χ3n) is 5.63. The SMILES string of the molecule is NCCCOC1CCN(C(=O)CCN2CCN(c3ccccc3)CC2)CC1. The van der Waals surface area contributed by atoms with Crippen LogP contribution in [0.25, 0.3) is 0 Å². The Morgan fingerprint density at radius 3 is 2.41 bits per heavy atom. The van der Waals surface area contributed by atoms with Gasteiger partial charge < -0.3 is 20.3 Å². The molecule has 150 valence electrons. The average molecular weight is 375 g/mol. The molecule has 6 heteroatoms. The van der Waals surface area contributed by atoms with E-state index in [9.17, 15) is 4.79 Å². The number of nitrogens with two attached hydrogens (primary N) is 1. The van der Waals surface area contributed by atoms with Gasteiger partial charge in [0.2, 0.25) is 5.91 Å². The third kappa shape index (κ3) is 6.19. The Morgan fingerprint density at radius 2 is 1.74 bits per heavy atom.